The summed E-state index contributed by atoms with van der Waals surface area (Å²) in [5, 5.41) is 2.89. The first kappa shape index (κ1) is 16.6. The summed E-state index contributed by atoms with van der Waals surface area (Å²) in [6.45, 7) is 6.02. The van der Waals surface area contributed by atoms with Gasteiger partial charge in [0.05, 0.1) is 0 Å². The first-order valence-electron chi connectivity index (χ1n) is 7.30. The van der Waals surface area contributed by atoms with Gasteiger partial charge in [0, 0.05) is 10.2 Å². The van der Waals surface area contributed by atoms with Crippen molar-refractivity contribution in [1.29, 1.82) is 0 Å². The average Bonchev–Trinajstić information content (AvgIpc) is 2.48. The fourth-order valence-electron chi connectivity index (χ4n) is 2.06. The predicted molar refractivity (Wildman–Crippen MR) is 93.4 cm³/mol. The van der Waals surface area contributed by atoms with Gasteiger partial charge >= 0.3 is 0 Å². The fourth-order valence-corrected chi connectivity index (χ4v) is 2.46. The number of ether oxygens (including phenoxy) is 1. The molecule has 3 nitrogen and oxygen atoms in total. The van der Waals surface area contributed by atoms with Crippen molar-refractivity contribution in [3.05, 3.63) is 58.1 Å². The Balaban J connectivity index is 2.07. The summed E-state index contributed by atoms with van der Waals surface area (Å²) in [5.41, 5.74) is 3.11. The molecule has 22 heavy (non-hydrogen) atoms. The van der Waals surface area contributed by atoms with Crippen molar-refractivity contribution < 1.29 is 9.53 Å². The van der Waals surface area contributed by atoms with E-state index in [-0.39, 0.29) is 5.91 Å². The van der Waals surface area contributed by atoms with Crippen LogP contribution in [0.1, 0.15) is 24.5 Å². The van der Waals surface area contributed by atoms with Gasteiger partial charge in [-0.1, -0.05) is 35.0 Å². The van der Waals surface area contributed by atoms with Crippen LogP contribution in [0.3, 0.4) is 0 Å². The molecule has 0 spiro atoms. The first-order chi connectivity index (χ1) is 10.5. The molecular weight excluding hydrogens is 342 g/mol. The van der Waals surface area contributed by atoms with Crippen molar-refractivity contribution in [2.24, 2.45) is 0 Å². The van der Waals surface area contributed by atoms with E-state index in [0.29, 0.717) is 6.42 Å². The van der Waals surface area contributed by atoms with Crippen molar-refractivity contribution >= 4 is 27.5 Å². The number of anilines is 1. The van der Waals surface area contributed by atoms with Gasteiger partial charge in [0.2, 0.25) is 0 Å². The van der Waals surface area contributed by atoms with E-state index < -0.39 is 6.10 Å². The molecule has 4 heteroatoms. The Labute approximate surface area is 139 Å². The largest absolute Gasteiger partial charge is 0.481 e. The van der Waals surface area contributed by atoms with Crippen LogP contribution >= 0.6 is 15.9 Å². The Morgan fingerprint density at radius 3 is 2.59 bits per heavy atom. The Morgan fingerprint density at radius 1 is 1.18 bits per heavy atom. The lowest BCUT2D eigenvalue weighted by molar-refractivity contribution is -0.122. The van der Waals surface area contributed by atoms with Crippen LogP contribution in [0, 0.1) is 13.8 Å². The third-order valence-corrected chi connectivity index (χ3v) is 4.01. The molecule has 0 radical (unpaired) electrons. The highest BCUT2D eigenvalue weighted by molar-refractivity contribution is 9.10. The van der Waals surface area contributed by atoms with Crippen molar-refractivity contribution in [2.75, 3.05) is 5.32 Å². The molecule has 0 saturated carbocycles. The van der Waals surface area contributed by atoms with Crippen LogP contribution in [-0.4, -0.2) is 12.0 Å². The maximum atomic E-state index is 12.4. The maximum Gasteiger partial charge on any atom is 0.265 e. The third-order valence-electron chi connectivity index (χ3n) is 3.51. The standard InChI is InChI=1S/C18H20BrNO2/c1-4-17(22-16-9-8-12(2)13(3)10-16)18(21)20-15-7-5-6-14(19)11-15/h5-11,17H,4H2,1-3H3,(H,20,21)/t17-/m1/s1. The number of carbonyl (C=O) groups is 1. The van der Waals surface area contributed by atoms with E-state index in [1.54, 1.807) is 0 Å². The van der Waals surface area contributed by atoms with Crippen LogP contribution in [0.2, 0.25) is 0 Å². The van der Waals surface area contributed by atoms with Gasteiger partial charge in [0.1, 0.15) is 5.75 Å². The van der Waals surface area contributed by atoms with Gasteiger partial charge in [-0.2, -0.15) is 0 Å². The summed E-state index contributed by atoms with van der Waals surface area (Å²) in [4.78, 5) is 12.4. The Hall–Kier alpha value is -1.81. The Kier molecular flexibility index (Phi) is 5.61. The monoisotopic (exact) mass is 361 g/mol. The van der Waals surface area contributed by atoms with E-state index in [2.05, 4.69) is 28.2 Å². The fraction of sp³-hybridized carbons (Fsp3) is 0.278. The molecule has 0 heterocycles. The molecule has 1 N–H and O–H groups in total. The number of hydrogen-bond acceptors (Lipinski definition) is 2. The van der Waals surface area contributed by atoms with E-state index >= 15 is 0 Å². The first-order valence-corrected chi connectivity index (χ1v) is 8.09. The lowest BCUT2D eigenvalue weighted by Gasteiger charge is -2.18. The molecule has 1 atom stereocenters. The number of halogens is 1. The second-order valence-electron chi connectivity index (χ2n) is 5.26. The maximum absolute atomic E-state index is 12.4. The summed E-state index contributed by atoms with van der Waals surface area (Å²) in [5.74, 6) is 0.582. The van der Waals surface area contributed by atoms with Gasteiger partial charge < -0.3 is 10.1 Å². The minimum atomic E-state index is -0.513. The highest BCUT2D eigenvalue weighted by Gasteiger charge is 2.18. The number of aryl methyl sites for hydroxylation is 2. The van der Waals surface area contributed by atoms with Crippen LogP contribution in [0.25, 0.3) is 0 Å². The van der Waals surface area contributed by atoms with Crippen LogP contribution in [0.15, 0.2) is 46.9 Å². The SMILES string of the molecule is CC[C@@H](Oc1ccc(C)c(C)c1)C(=O)Nc1cccc(Br)c1. The molecule has 0 aliphatic rings. The number of nitrogens with one attached hydrogen (secondary N) is 1. The van der Waals surface area contributed by atoms with Crippen LogP contribution in [0.4, 0.5) is 5.69 Å². The topological polar surface area (TPSA) is 38.3 Å². The van der Waals surface area contributed by atoms with Gasteiger partial charge in [-0.25, -0.2) is 0 Å². The Bertz CT molecular complexity index is 670. The quantitative estimate of drug-likeness (QED) is 0.825. The van der Waals surface area contributed by atoms with Gasteiger partial charge in [-0.3, -0.25) is 4.79 Å². The third kappa shape index (κ3) is 4.34. The average molecular weight is 362 g/mol. The number of benzene rings is 2. The normalized spacial score (nSPS) is 11.8. The van der Waals surface area contributed by atoms with E-state index in [9.17, 15) is 4.79 Å². The van der Waals surface area contributed by atoms with Gasteiger partial charge in [0.15, 0.2) is 6.10 Å². The van der Waals surface area contributed by atoms with Crippen molar-refractivity contribution in [3.63, 3.8) is 0 Å². The zero-order valence-corrected chi connectivity index (χ0v) is 14.6. The number of carbonyl (C=O) groups excluding carboxylic acids is 1. The molecule has 2 aromatic rings. The highest BCUT2D eigenvalue weighted by atomic mass is 79.9. The molecule has 0 aliphatic heterocycles. The highest BCUT2D eigenvalue weighted by Crippen LogP contribution is 2.20. The van der Waals surface area contributed by atoms with Crippen LogP contribution in [0.5, 0.6) is 5.75 Å². The predicted octanol–water partition coefficient (Wildman–Crippen LogP) is 4.86. The smallest absolute Gasteiger partial charge is 0.265 e. The van der Waals surface area contributed by atoms with Crippen LogP contribution < -0.4 is 10.1 Å². The number of hydrogen-bond donors (Lipinski definition) is 1. The lowest BCUT2D eigenvalue weighted by atomic mass is 10.1. The molecular formula is C18H20BrNO2. The molecule has 1 amide bonds. The van der Waals surface area contributed by atoms with Crippen molar-refractivity contribution in [3.8, 4) is 5.75 Å². The summed E-state index contributed by atoms with van der Waals surface area (Å²) in [7, 11) is 0. The van der Waals surface area contributed by atoms with Crippen molar-refractivity contribution in [1.82, 2.24) is 0 Å². The molecule has 2 rings (SSSR count). The second kappa shape index (κ2) is 7.45. The zero-order chi connectivity index (χ0) is 16.1. The summed E-state index contributed by atoms with van der Waals surface area (Å²) < 4.78 is 6.76. The minimum absolute atomic E-state index is 0.140. The molecule has 0 bridgehead atoms. The second-order valence-corrected chi connectivity index (χ2v) is 6.18. The van der Waals surface area contributed by atoms with E-state index in [1.165, 1.54) is 5.56 Å². The lowest BCUT2D eigenvalue weighted by Crippen LogP contribution is -2.32. The minimum Gasteiger partial charge on any atom is -0.481 e. The molecule has 0 unspecified atom stereocenters. The van der Waals surface area contributed by atoms with Gasteiger partial charge in [-0.05, 0) is 61.7 Å². The van der Waals surface area contributed by atoms with E-state index in [0.717, 1.165) is 21.5 Å². The number of amides is 1. The van der Waals surface area contributed by atoms with Crippen molar-refractivity contribution in [2.45, 2.75) is 33.3 Å². The molecule has 0 saturated heterocycles. The number of rotatable bonds is 5. The molecule has 0 aromatic heterocycles. The van der Waals surface area contributed by atoms with E-state index in [4.69, 9.17) is 4.74 Å². The molecule has 116 valence electrons. The van der Waals surface area contributed by atoms with Gasteiger partial charge in [-0.15, -0.1) is 0 Å². The summed E-state index contributed by atoms with van der Waals surface area (Å²) >= 11 is 3.39. The molecule has 2 aromatic carbocycles. The van der Waals surface area contributed by atoms with E-state index in [1.807, 2.05) is 56.3 Å². The Morgan fingerprint density at radius 2 is 1.95 bits per heavy atom. The zero-order valence-electron chi connectivity index (χ0n) is 13.0. The summed E-state index contributed by atoms with van der Waals surface area (Å²) in [6.07, 6.45) is 0.0910. The molecule has 0 fully saturated rings. The van der Waals surface area contributed by atoms with Gasteiger partial charge in [0.25, 0.3) is 5.91 Å². The summed E-state index contributed by atoms with van der Waals surface area (Å²) in [6, 6.07) is 13.4. The van der Waals surface area contributed by atoms with Crippen LogP contribution in [-0.2, 0) is 4.79 Å². The molecule has 0 aliphatic carbocycles.